The van der Waals surface area contributed by atoms with E-state index >= 15 is 0 Å². The first-order valence-electron chi connectivity index (χ1n) is 10.8. The molecule has 0 fully saturated rings. The molecule has 3 nitrogen and oxygen atoms in total. The van der Waals surface area contributed by atoms with E-state index in [1.807, 2.05) is 37.4 Å². The molecule has 0 bridgehead atoms. The Labute approximate surface area is 191 Å². The second kappa shape index (κ2) is 9.74. The normalized spacial score (nSPS) is 24.9. The Morgan fingerprint density at radius 1 is 1.13 bits per heavy atom. The lowest BCUT2D eigenvalue weighted by Gasteiger charge is -2.19. The van der Waals surface area contributed by atoms with Crippen molar-refractivity contribution >= 4 is 29.3 Å². The summed E-state index contributed by atoms with van der Waals surface area (Å²) >= 11 is 6.19. The van der Waals surface area contributed by atoms with Crippen LogP contribution in [0.25, 0.3) is 0 Å². The van der Waals surface area contributed by atoms with Crippen molar-refractivity contribution in [3.8, 4) is 0 Å². The number of ketones is 1. The topological polar surface area (TPSA) is 41.8 Å². The molecular formula is C27H31ClN2O. The number of aliphatic imine (C=N–C) groups is 2. The number of Topliss-reactive ketones (excluding diaryl/α,β-unsaturated/α-hetero) is 1. The van der Waals surface area contributed by atoms with Gasteiger partial charge < -0.3 is 4.79 Å². The molecule has 0 saturated heterocycles. The van der Waals surface area contributed by atoms with Crippen molar-refractivity contribution in [3.05, 3.63) is 80.2 Å². The average Bonchev–Trinajstić information content (AvgIpc) is 3.01. The van der Waals surface area contributed by atoms with Crippen molar-refractivity contribution < 1.29 is 4.79 Å². The smallest absolute Gasteiger partial charge is 0.130 e. The largest absolute Gasteiger partial charge is 0.300 e. The van der Waals surface area contributed by atoms with Gasteiger partial charge in [0, 0.05) is 28.8 Å². The van der Waals surface area contributed by atoms with Crippen LogP contribution in [-0.4, -0.2) is 17.7 Å². The minimum Gasteiger partial charge on any atom is -0.300 e. The van der Waals surface area contributed by atoms with Crippen LogP contribution in [0.1, 0.15) is 66.4 Å². The Morgan fingerprint density at radius 2 is 1.81 bits per heavy atom. The van der Waals surface area contributed by atoms with Crippen LogP contribution in [0.3, 0.4) is 0 Å². The Morgan fingerprint density at radius 3 is 2.45 bits per heavy atom. The summed E-state index contributed by atoms with van der Waals surface area (Å²) in [5.41, 5.74) is 10.2. The van der Waals surface area contributed by atoms with Crippen LogP contribution in [0.2, 0.25) is 5.02 Å². The minimum atomic E-state index is 0.152. The molecule has 1 unspecified atom stereocenters. The van der Waals surface area contributed by atoms with Gasteiger partial charge in [0.15, 0.2) is 0 Å². The highest BCUT2D eigenvalue weighted by Gasteiger charge is 2.28. The van der Waals surface area contributed by atoms with Crippen LogP contribution in [0.4, 0.5) is 0 Å². The first kappa shape index (κ1) is 23.1. The van der Waals surface area contributed by atoms with Crippen LogP contribution in [0.5, 0.6) is 0 Å². The lowest BCUT2D eigenvalue weighted by Crippen LogP contribution is -2.12. The number of halogens is 1. The Hall–Kier alpha value is -2.52. The van der Waals surface area contributed by atoms with Gasteiger partial charge in [0.1, 0.15) is 5.78 Å². The quantitative estimate of drug-likeness (QED) is 0.485. The number of rotatable bonds is 4. The van der Waals surface area contributed by atoms with Gasteiger partial charge in [-0.1, -0.05) is 41.8 Å². The molecule has 0 N–H and O–H groups in total. The maximum absolute atomic E-state index is 11.7. The van der Waals surface area contributed by atoms with Gasteiger partial charge in [0.05, 0.1) is 17.1 Å². The van der Waals surface area contributed by atoms with E-state index in [1.165, 1.54) is 27.9 Å². The Bertz CT molecular complexity index is 1080. The highest BCUT2D eigenvalue weighted by atomic mass is 35.5. The number of hydrogen-bond acceptors (Lipinski definition) is 3. The lowest BCUT2D eigenvalue weighted by molar-refractivity contribution is -0.116. The maximum atomic E-state index is 11.7. The van der Waals surface area contributed by atoms with Crippen LogP contribution in [-0.2, 0) is 4.79 Å². The van der Waals surface area contributed by atoms with Crippen LogP contribution in [0.15, 0.2) is 79.6 Å². The zero-order valence-electron chi connectivity index (χ0n) is 19.3. The molecule has 0 amide bonds. The van der Waals surface area contributed by atoms with Gasteiger partial charge in [-0.25, -0.2) is 0 Å². The average molecular weight is 435 g/mol. The SMILES string of the molecule is CC(=O)CC\C1=C(C)/N=C\C=C(\C)C(C)C2=C(C(c3ccc(Cl)cc3)=N1)C(C)=C(C)C2. The number of carbonyl (C=O) groups excluding carboxylic acids is 1. The maximum Gasteiger partial charge on any atom is 0.130 e. The number of hydrogen-bond donors (Lipinski definition) is 0. The summed E-state index contributed by atoms with van der Waals surface area (Å²) in [4.78, 5) is 21.6. The van der Waals surface area contributed by atoms with E-state index in [-0.39, 0.29) is 11.7 Å². The molecule has 3 rings (SSSR count). The molecule has 2 aliphatic rings. The zero-order valence-corrected chi connectivity index (χ0v) is 20.1. The molecule has 31 heavy (non-hydrogen) atoms. The fraction of sp³-hybridized carbons (Fsp3) is 0.370. The molecule has 0 aromatic heterocycles. The van der Waals surface area contributed by atoms with Crippen molar-refractivity contribution in [2.75, 3.05) is 0 Å². The molecular weight excluding hydrogens is 404 g/mol. The summed E-state index contributed by atoms with van der Waals surface area (Å²) in [6.45, 7) is 12.4. The molecule has 0 saturated carbocycles. The van der Waals surface area contributed by atoms with Crippen LogP contribution < -0.4 is 0 Å². The monoisotopic (exact) mass is 434 g/mol. The van der Waals surface area contributed by atoms with Gasteiger partial charge in [-0.05, 0) is 82.7 Å². The van der Waals surface area contributed by atoms with E-state index in [4.69, 9.17) is 16.6 Å². The third kappa shape index (κ3) is 5.22. The summed E-state index contributed by atoms with van der Waals surface area (Å²) in [7, 11) is 0. The van der Waals surface area contributed by atoms with Crippen molar-refractivity contribution in [1.29, 1.82) is 0 Å². The minimum absolute atomic E-state index is 0.152. The van der Waals surface area contributed by atoms with Crippen molar-refractivity contribution in [2.45, 2.75) is 60.8 Å². The van der Waals surface area contributed by atoms with E-state index in [2.05, 4.69) is 38.8 Å². The molecule has 1 aliphatic carbocycles. The standard InChI is InChI=1S/C27H31ClN2O/c1-16-13-14-29-21(6)25(12-7-18(3)31)30-27(22-8-10-23(28)11-9-22)26-20(5)17(2)15-24(26)19(16)4/h8-11,13-14,19H,7,12,15H2,1-6H3/b16-13-,25-21+,29-14-,30-27?. The third-order valence-corrected chi connectivity index (χ3v) is 6.59. The summed E-state index contributed by atoms with van der Waals surface area (Å²) < 4.78 is 0. The van der Waals surface area contributed by atoms with Gasteiger partial charge in [-0.15, -0.1) is 0 Å². The van der Waals surface area contributed by atoms with Crippen molar-refractivity contribution in [1.82, 2.24) is 0 Å². The predicted octanol–water partition coefficient (Wildman–Crippen LogP) is 7.43. The molecule has 0 radical (unpaired) electrons. The molecule has 1 atom stereocenters. The second-order valence-corrected chi connectivity index (χ2v) is 9.03. The summed E-state index contributed by atoms with van der Waals surface area (Å²) in [5, 5.41) is 0.699. The number of nitrogens with zero attached hydrogens (tertiary/aromatic N) is 2. The van der Waals surface area contributed by atoms with Crippen molar-refractivity contribution in [3.63, 3.8) is 0 Å². The Kier molecular flexibility index (Phi) is 7.27. The molecule has 0 spiro atoms. The Balaban J connectivity index is 2.33. The van der Waals surface area contributed by atoms with E-state index in [0.717, 1.165) is 29.1 Å². The van der Waals surface area contributed by atoms with Crippen molar-refractivity contribution in [2.24, 2.45) is 15.9 Å². The van der Waals surface area contributed by atoms with Crippen LogP contribution in [0, 0.1) is 5.92 Å². The van der Waals surface area contributed by atoms with E-state index in [0.29, 0.717) is 17.9 Å². The van der Waals surface area contributed by atoms with E-state index in [1.54, 1.807) is 6.92 Å². The molecule has 162 valence electrons. The van der Waals surface area contributed by atoms with Gasteiger partial charge in [-0.2, -0.15) is 0 Å². The first-order valence-corrected chi connectivity index (χ1v) is 11.2. The molecule has 1 aromatic carbocycles. The first-order chi connectivity index (χ1) is 14.7. The van der Waals surface area contributed by atoms with Crippen LogP contribution >= 0.6 is 11.6 Å². The highest BCUT2D eigenvalue weighted by Crippen LogP contribution is 2.41. The fourth-order valence-corrected chi connectivity index (χ4v) is 4.17. The lowest BCUT2D eigenvalue weighted by atomic mass is 9.86. The highest BCUT2D eigenvalue weighted by molar-refractivity contribution is 6.30. The molecule has 1 heterocycles. The third-order valence-electron chi connectivity index (χ3n) is 6.34. The van der Waals surface area contributed by atoms with Gasteiger partial charge in [-0.3, -0.25) is 9.98 Å². The number of benzene rings is 1. The molecule has 1 aromatic rings. The summed E-state index contributed by atoms with van der Waals surface area (Å²) in [6, 6.07) is 7.87. The number of carbonyl (C=O) groups is 1. The van der Waals surface area contributed by atoms with Gasteiger partial charge >= 0.3 is 0 Å². The predicted molar refractivity (Wildman–Crippen MR) is 132 cm³/mol. The summed E-state index contributed by atoms with van der Waals surface area (Å²) in [5.74, 6) is 0.435. The van der Waals surface area contributed by atoms with E-state index in [9.17, 15) is 4.79 Å². The summed E-state index contributed by atoms with van der Waals surface area (Å²) in [6.07, 6.45) is 5.92. The zero-order chi connectivity index (χ0) is 22.7. The number of allylic oxidation sites excluding steroid dienone is 8. The van der Waals surface area contributed by atoms with E-state index < -0.39 is 0 Å². The second-order valence-electron chi connectivity index (χ2n) is 8.59. The molecule has 4 heteroatoms. The molecule has 1 aliphatic heterocycles. The fourth-order valence-electron chi connectivity index (χ4n) is 4.04. The van der Waals surface area contributed by atoms with Gasteiger partial charge in [0.2, 0.25) is 0 Å². The van der Waals surface area contributed by atoms with Gasteiger partial charge in [0.25, 0.3) is 0 Å².